The van der Waals surface area contributed by atoms with Crippen LogP contribution in [0.15, 0.2) is 36.9 Å². The van der Waals surface area contributed by atoms with Gasteiger partial charge in [0.15, 0.2) is 0 Å². The number of ether oxygens (including phenoxy) is 1. The van der Waals surface area contributed by atoms with E-state index < -0.39 is 5.97 Å². The molecule has 1 heterocycles. The highest BCUT2D eigenvalue weighted by molar-refractivity contribution is 5.97. The van der Waals surface area contributed by atoms with Crippen molar-refractivity contribution in [3.63, 3.8) is 0 Å². The number of rotatable bonds is 4. The summed E-state index contributed by atoms with van der Waals surface area (Å²) in [6, 6.07) is 6.94. The molecule has 4 aliphatic rings. The van der Waals surface area contributed by atoms with E-state index >= 15 is 0 Å². The summed E-state index contributed by atoms with van der Waals surface area (Å²) in [4.78, 5) is 29.4. The average molecular weight is 380 g/mol. The maximum atomic E-state index is 13.5. The van der Waals surface area contributed by atoms with Crippen LogP contribution in [0.1, 0.15) is 48.9 Å². The normalized spacial score (nSPS) is 32.9. The highest BCUT2D eigenvalue weighted by atomic mass is 16.5. The van der Waals surface area contributed by atoms with Crippen LogP contribution < -0.4 is 5.32 Å². The van der Waals surface area contributed by atoms with E-state index in [0.29, 0.717) is 23.1 Å². The number of nitrogens with zero attached hydrogens (tertiary/aromatic N) is 3. The van der Waals surface area contributed by atoms with Crippen LogP contribution in [-0.2, 0) is 15.1 Å². The summed E-state index contributed by atoms with van der Waals surface area (Å²) in [7, 11) is 1.35. The number of hydrogen-bond acceptors (Lipinski definition) is 5. The molecule has 4 fully saturated rings. The Labute approximate surface area is 163 Å². The Morgan fingerprint density at radius 1 is 1.21 bits per heavy atom. The highest BCUT2D eigenvalue weighted by Gasteiger charge is 2.61. The lowest BCUT2D eigenvalue weighted by atomic mass is 9.46. The van der Waals surface area contributed by atoms with Crippen LogP contribution in [0.25, 0.3) is 0 Å². The molecular formula is C21H24N4O3. The summed E-state index contributed by atoms with van der Waals surface area (Å²) < 4.78 is 6.79. The summed E-state index contributed by atoms with van der Waals surface area (Å²) in [5, 5.41) is 7.53. The fraction of sp³-hybridized carbons (Fsp3) is 0.524. The number of methoxy groups -OCH3 is 1. The molecule has 4 bridgehead atoms. The summed E-state index contributed by atoms with van der Waals surface area (Å²) in [5.74, 6) is 0.763. The van der Waals surface area contributed by atoms with Gasteiger partial charge in [0, 0.05) is 5.69 Å². The number of anilines is 1. The largest absolute Gasteiger partial charge is 0.465 e. The van der Waals surface area contributed by atoms with Crippen LogP contribution in [0.3, 0.4) is 0 Å². The van der Waals surface area contributed by atoms with Crippen molar-refractivity contribution in [1.82, 2.24) is 14.8 Å². The number of nitrogens with one attached hydrogen (secondary N) is 1. The number of carbonyl (C=O) groups is 2. The van der Waals surface area contributed by atoms with E-state index in [4.69, 9.17) is 4.74 Å². The van der Waals surface area contributed by atoms with Gasteiger partial charge in [-0.2, -0.15) is 5.10 Å². The van der Waals surface area contributed by atoms with Gasteiger partial charge in [-0.3, -0.25) is 4.79 Å². The van der Waals surface area contributed by atoms with Gasteiger partial charge >= 0.3 is 5.97 Å². The van der Waals surface area contributed by atoms with Gasteiger partial charge in [-0.05, 0) is 68.6 Å². The molecule has 1 aromatic carbocycles. The quantitative estimate of drug-likeness (QED) is 0.824. The van der Waals surface area contributed by atoms with E-state index in [2.05, 4.69) is 15.4 Å². The molecular weight excluding hydrogens is 356 g/mol. The third-order valence-corrected chi connectivity index (χ3v) is 6.96. The first kappa shape index (κ1) is 17.4. The number of carbonyl (C=O) groups excluding carboxylic acids is 2. The second-order valence-electron chi connectivity index (χ2n) is 8.83. The fourth-order valence-corrected chi connectivity index (χ4v) is 6.31. The lowest BCUT2D eigenvalue weighted by molar-refractivity contribution is -0.150. The Morgan fingerprint density at radius 2 is 2.00 bits per heavy atom. The Balaban J connectivity index is 1.43. The van der Waals surface area contributed by atoms with Crippen molar-refractivity contribution in [2.75, 3.05) is 12.4 Å². The molecule has 7 nitrogen and oxygen atoms in total. The lowest BCUT2D eigenvalue weighted by Gasteiger charge is -2.60. The van der Waals surface area contributed by atoms with Crippen molar-refractivity contribution in [3.05, 3.63) is 42.5 Å². The molecule has 2 atom stereocenters. The molecule has 2 aromatic rings. The van der Waals surface area contributed by atoms with Crippen LogP contribution in [0.4, 0.5) is 5.69 Å². The topological polar surface area (TPSA) is 86.1 Å². The van der Waals surface area contributed by atoms with Crippen molar-refractivity contribution < 1.29 is 14.3 Å². The first-order valence-corrected chi connectivity index (χ1v) is 9.87. The molecule has 4 aliphatic carbocycles. The highest BCUT2D eigenvalue weighted by Crippen LogP contribution is 2.64. The number of hydrogen-bond donors (Lipinski definition) is 1. The molecule has 6 rings (SSSR count). The van der Waals surface area contributed by atoms with Crippen LogP contribution in [0.5, 0.6) is 0 Å². The minimum Gasteiger partial charge on any atom is -0.465 e. The smallest absolute Gasteiger partial charge is 0.337 e. The molecule has 1 aromatic heterocycles. The summed E-state index contributed by atoms with van der Waals surface area (Å²) in [6.07, 6.45) is 9.44. The number of benzene rings is 1. The molecule has 1 amide bonds. The molecule has 0 radical (unpaired) electrons. The summed E-state index contributed by atoms with van der Waals surface area (Å²) in [5.41, 5.74) is 0.603. The minimum absolute atomic E-state index is 0.0631. The molecule has 0 saturated heterocycles. The van der Waals surface area contributed by atoms with Gasteiger partial charge in [0.05, 0.1) is 23.6 Å². The first-order valence-electron chi connectivity index (χ1n) is 9.87. The van der Waals surface area contributed by atoms with Gasteiger partial charge < -0.3 is 10.1 Å². The number of esters is 1. The Bertz CT molecular complexity index is 909. The van der Waals surface area contributed by atoms with Crippen molar-refractivity contribution in [2.45, 2.75) is 44.1 Å². The summed E-state index contributed by atoms with van der Waals surface area (Å²) in [6.45, 7) is 0. The molecule has 7 heteroatoms. The van der Waals surface area contributed by atoms with E-state index in [-0.39, 0.29) is 16.9 Å². The zero-order valence-electron chi connectivity index (χ0n) is 15.9. The van der Waals surface area contributed by atoms with Gasteiger partial charge in [0.25, 0.3) is 0 Å². The summed E-state index contributed by atoms with van der Waals surface area (Å²) >= 11 is 0. The molecule has 0 spiro atoms. The minimum atomic E-state index is -0.406. The third kappa shape index (κ3) is 2.64. The van der Waals surface area contributed by atoms with E-state index in [9.17, 15) is 9.59 Å². The average Bonchev–Trinajstić information content (AvgIpc) is 3.22. The molecule has 28 heavy (non-hydrogen) atoms. The predicted octanol–water partition coefficient (Wildman–Crippen LogP) is 3.00. The van der Waals surface area contributed by atoms with Crippen molar-refractivity contribution in [3.8, 4) is 0 Å². The molecule has 1 N–H and O–H groups in total. The monoisotopic (exact) mass is 380 g/mol. The van der Waals surface area contributed by atoms with Crippen LogP contribution >= 0.6 is 0 Å². The maximum absolute atomic E-state index is 13.5. The lowest BCUT2D eigenvalue weighted by Crippen LogP contribution is -2.60. The van der Waals surface area contributed by atoms with E-state index in [1.807, 2.05) is 10.7 Å². The van der Waals surface area contributed by atoms with Gasteiger partial charge in [-0.1, -0.05) is 6.07 Å². The maximum Gasteiger partial charge on any atom is 0.337 e. The third-order valence-electron chi connectivity index (χ3n) is 6.96. The molecule has 2 unspecified atom stereocenters. The zero-order valence-corrected chi connectivity index (χ0v) is 15.9. The molecule has 0 aliphatic heterocycles. The Morgan fingerprint density at radius 3 is 2.68 bits per heavy atom. The van der Waals surface area contributed by atoms with Crippen LogP contribution in [-0.4, -0.2) is 33.8 Å². The fourth-order valence-electron chi connectivity index (χ4n) is 6.31. The van der Waals surface area contributed by atoms with Crippen molar-refractivity contribution in [2.24, 2.45) is 17.3 Å². The van der Waals surface area contributed by atoms with Crippen molar-refractivity contribution in [1.29, 1.82) is 0 Å². The predicted molar refractivity (Wildman–Crippen MR) is 102 cm³/mol. The number of amides is 1. The molecule has 146 valence electrons. The Kier molecular flexibility index (Phi) is 3.82. The van der Waals surface area contributed by atoms with E-state index in [0.717, 1.165) is 32.1 Å². The van der Waals surface area contributed by atoms with Gasteiger partial charge in [-0.15, -0.1) is 0 Å². The first-order chi connectivity index (χ1) is 13.5. The van der Waals surface area contributed by atoms with E-state index in [1.54, 1.807) is 30.9 Å². The van der Waals surface area contributed by atoms with Gasteiger partial charge in [-0.25, -0.2) is 14.5 Å². The second kappa shape index (κ2) is 6.15. The zero-order chi connectivity index (χ0) is 19.4. The van der Waals surface area contributed by atoms with Gasteiger partial charge in [0.1, 0.15) is 12.7 Å². The van der Waals surface area contributed by atoms with Crippen LogP contribution in [0.2, 0.25) is 0 Å². The van der Waals surface area contributed by atoms with Crippen molar-refractivity contribution >= 4 is 17.6 Å². The van der Waals surface area contributed by atoms with Gasteiger partial charge in [0.2, 0.25) is 5.91 Å². The van der Waals surface area contributed by atoms with Crippen LogP contribution in [0, 0.1) is 17.3 Å². The van der Waals surface area contributed by atoms with E-state index in [1.165, 1.54) is 13.5 Å². The standard InChI is InChI=1S/C21H24N4O3/c1-28-18(26)16-3-2-4-17(6-16)24-19(27)20-7-14-5-15(8-20)10-21(9-14,11-20)25-13-22-12-23-25/h2-4,6,12-15H,5,7-11H2,1H3,(H,24,27). The molecule has 4 saturated carbocycles. The second-order valence-corrected chi connectivity index (χ2v) is 8.83. The number of aromatic nitrogens is 3. The Hall–Kier alpha value is -2.70. The SMILES string of the molecule is COC(=O)c1cccc(NC(=O)C23CC4CC(C2)CC(n2cncn2)(C4)C3)c1.